The van der Waals surface area contributed by atoms with E-state index >= 15 is 0 Å². The average molecular weight is 312 g/mol. The van der Waals surface area contributed by atoms with E-state index in [1.807, 2.05) is 11.3 Å². The van der Waals surface area contributed by atoms with Gasteiger partial charge in [-0.15, -0.1) is 11.3 Å². The van der Waals surface area contributed by atoms with E-state index in [-0.39, 0.29) is 0 Å². The summed E-state index contributed by atoms with van der Waals surface area (Å²) >= 11 is 5.41. The highest BCUT2D eigenvalue weighted by Gasteiger charge is 2.64. The lowest BCUT2D eigenvalue weighted by Gasteiger charge is -2.15. The molecule has 3 fully saturated rings. The van der Waals surface area contributed by atoms with Gasteiger partial charge in [-0.05, 0) is 71.9 Å². The monoisotopic (exact) mass is 311 g/mol. The van der Waals surface area contributed by atoms with Crippen molar-refractivity contribution < 1.29 is 0 Å². The van der Waals surface area contributed by atoms with Gasteiger partial charge in [-0.3, -0.25) is 0 Å². The summed E-state index contributed by atoms with van der Waals surface area (Å²) in [6.45, 7) is 2.31. The molecule has 92 valence electrons. The zero-order valence-electron chi connectivity index (χ0n) is 10.0. The van der Waals surface area contributed by atoms with Gasteiger partial charge in [0.25, 0.3) is 0 Å². The summed E-state index contributed by atoms with van der Waals surface area (Å²) in [7, 11) is 0. The molecule has 0 spiro atoms. The van der Waals surface area contributed by atoms with Crippen LogP contribution in [0, 0.1) is 23.7 Å². The van der Waals surface area contributed by atoms with Crippen molar-refractivity contribution in [3.63, 3.8) is 0 Å². The van der Waals surface area contributed by atoms with Crippen molar-refractivity contribution in [1.29, 1.82) is 0 Å². The molecule has 0 saturated heterocycles. The maximum atomic E-state index is 3.88. The molecular formula is C14H18BrNS. The van der Waals surface area contributed by atoms with Gasteiger partial charge in [0.05, 0.1) is 0 Å². The molecule has 5 atom stereocenters. The predicted molar refractivity (Wildman–Crippen MR) is 75.2 cm³/mol. The highest BCUT2D eigenvalue weighted by atomic mass is 79.9. The Morgan fingerprint density at radius 2 is 2.06 bits per heavy atom. The van der Waals surface area contributed by atoms with Gasteiger partial charge in [0.2, 0.25) is 0 Å². The fourth-order valence-electron chi connectivity index (χ4n) is 4.47. The summed E-state index contributed by atoms with van der Waals surface area (Å²) < 4.78 is 1.22. The molecule has 4 rings (SSSR count). The number of thiophene rings is 1. The standard InChI is InChI=1S/C14H18BrNS/c1-7(11-5-10(15)6-17-11)16-14-12-8-2-3-9(4-8)13(12)14/h5-9,12-14,16H,2-4H2,1H3. The van der Waals surface area contributed by atoms with Crippen LogP contribution in [-0.4, -0.2) is 6.04 Å². The molecule has 1 aromatic heterocycles. The molecule has 3 aliphatic rings. The molecule has 0 aromatic carbocycles. The van der Waals surface area contributed by atoms with Gasteiger partial charge < -0.3 is 5.32 Å². The second kappa shape index (κ2) is 3.82. The van der Waals surface area contributed by atoms with E-state index < -0.39 is 0 Å². The Hall–Kier alpha value is 0.140. The Labute approximate surface area is 115 Å². The minimum Gasteiger partial charge on any atom is -0.306 e. The largest absolute Gasteiger partial charge is 0.306 e. The third kappa shape index (κ3) is 1.66. The molecular weight excluding hydrogens is 294 g/mol. The van der Waals surface area contributed by atoms with E-state index in [0.717, 1.165) is 29.7 Å². The van der Waals surface area contributed by atoms with Crippen molar-refractivity contribution in [1.82, 2.24) is 5.32 Å². The summed E-state index contributed by atoms with van der Waals surface area (Å²) in [5.41, 5.74) is 0. The smallest absolute Gasteiger partial charge is 0.0388 e. The van der Waals surface area contributed by atoms with E-state index in [2.05, 4.69) is 39.6 Å². The molecule has 0 radical (unpaired) electrons. The molecule has 1 aromatic rings. The van der Waals surface area contributed by atoms with Crippen LogP contribution in [0.2, 0.25) is 0 Å². The molecule has 1 N–H and O–H groups in total. The van der Waals surface area contributed by atoms with Gasteiger partial charge in [-0.2, -0.15) is 0 Å². The number of halogens is 1. The van der Waals surface area contributed by atoms with Crippen LogP contribution >= 0.6 is 27.3 Å². The maximum Gasteiger partial charge on any atom is 0.0388 e. The first-order chi connectivity index (χ1) is 8.24. The zero-order chi connectivity index (χ0) is 11.6. The minimum absolute atomic E-state index is 0.529. The van der Waals surface area contributed by atoms with Gasteiger partial charge >= 0.3 is 0 Å². The van der Waals surface area contributed by atoms with Gasteiger partial charge in [-0.25, -0.2) is 0 Å². The Morgan fingerprint density at radius 3 is 2.65 bits per heavy atom. The third-order valence-corrected chi connectivity index (χ3v) is 7.07. The lowest BCUT2D eigenvalue weighted by molar-refractivity contribution is 0.435. The van der Waals surface area contributed by atoms with Crippen LogP contribution in [0.3, 0.4) is 0 Å². The van der Waals surface area contributed by atoms with Crippen molar-refractivity contribution in [2.75, 3.05) is 0 Å². The van der Waals surface area contributed by atoms with E-state index in [1.165, 1.54) is 22.2 Å². The minimum atomic E-state index is 0.529. The van der Waals surface area contributed by atoms with E-state index in [4.69, 9.17) is 0 Å². The number of hydrogen-bond donors (Lipinski definition) is 1. The van der Waals surface area contributed by atoms with Gasteiger partial charge in [0.15, 0.2) is 0 Å². The van der Waals surface area contributed by atoms with Crippen molar-refractivity contribution in [3.8, 4) is 0 Å². The average Bonchev–Trinajstić information content (AvgIpc) is 2.77. The van der Waals surface area contributed by atoms with Crippen LogP contribution in [0.25, 0.3) is 0 Å². The van der Waals surface area contributed by atoms with Crippen molar-refractivity contribution in [2.45, 2.75) is 38.3 Å². The van der Waals surface area contributed by atoms with Crippen molar-refractivity contribution in [3.05, 3.63) is 20.8 Å². The van der Waals surface area contributed by atoms with Crippen LogP contribution in [0.1, 0.15) is 37.1 Å². The molecule has 5 unspecified atom stereocenters. The summed E-state index contributed by atoms with van der Waals surface area (Å²) in [5, 5.41) is 6.06. The first-order valence-electron chi connectivity index (χ1n) is 6.74. The first kappa shape index (κ1) is 11.0. The summed E-state index contributed by atoms with van der Waals surface area (Å²) in [6.07, 6.45) is 4.58. The lowest BCUT2D eigenvalue weighted by Crippen LogP contribution is -2.25. The lowest BCUT2D eigenvalue weighted by atomic mass is 10.0. The first-order valence-corrected chi connectivity index (χ1v) is 8.41. The molecule has 1 nitrogen and oxygen atoms in total. The van der Waals surface area contributed by atoms with Gasteiger partial charge in [0, 0.05) is 26.8 Å². The van der Waals surface area contributed by atoms with Crippen molar-refractivity contribution in [2.24, 2.45) is 23.7 Å². The summed E-state index contributed by atoms with van der Waals surface area (Å²) in [6, 6.07) is 3.63. The highest BCUT2D eigenvalue weighted by molar-refractivity contribution is 9.10. The molecule has 2 bridgehead atoms. The van der Waals surface area contributed by atoms with Crippen LogP contribution in [0.5, 0.6) is 0 Å². The van der Waals surface area contributed by atoms with Crippen LogP contribution in [-0.2, 0) is 0 Å². The number of rotatable bonds is 3. The second-order valence-electron chi connectivity index (χ2n) is 6.07. The quantitative estimate of drug-likeness (QED) is 0.882. The summed E-state index contributed by atoms with van der Waals surface area (Å²) in [4.78, 5) is 1.47. The van der Waals surface area contributed by atoms with Gasteiger partial charge in [-0.1, -0.05) is 0 Å². The van der Waals surface area contributed by atoms with E-state index in [9.17, 15) is 0 Å². The maximum absolute atomic E-state index is 3.88. The molecule has 3 aliphatic carbocycles. The molecule has 0 amide bonds. The number of fused-ring (bicyclic) bond motifs is 5. The number of hydrogen-bond acceptors (Lipinski definition) is 2. The second-order valence-corrected chi connectivity index (χ2v) is 7.93. The van der Waals surface area contributed by atoms with Crippen molar-refractivity contribution >= 4 is 27.3 Å². The predicted octanol–water partition coefficient (Wildman–Crippen LogP) is 4.21. The van der Waals surface area contributed by atoms with E-state index in [1.54, 1.807) is 6.42 Å². The van der Waals surface area contributed by atoms with Crippen LogP contribution < -0.4 is 5.32 Å². The van der Waals surface area contributed by atoms with Gasteiger partial charge in [0.1, 0.15) is 0 Å². The molecule has 3 saturated carbocycles. The SMILES string of the molecule is CC(NC1C2C3CCC(C3)C12)c1cc(Br)cs1. The molecule has 1 heterocycles. The normalized spacial score (nSPS) is 43.8. The molecule has 17 heavy (non-hydrogen) atoms. The van der Waals surface area contributed by atoms with Crippen LogP contribution in [0.4, 0.5) is 0 Å². The fourth-order valence-corrected chi connectivity index (χ4v) is 5.94. The Kier molecular flexibility index (Phi) is 2.47. The Bertz CT molecular complexity index is 427. The highest BCUT2D eigenvalue weighted by Crippen LogP contribution is 2.65. The summed E-state index contributed by atoms with van der Waals surface area (Å²) in [5.74, 6) is 4.23. The number of nitrogens with one attached hydrogen (secondary N) is 1. The fraction of sp³-hybridized carbons (Fsp3) is 0.714. The Balaban J connectivity index is 1.43. The van der Waals surface area contributed by atoms with E-state index in [0.29, 0.717) is 6.04 Å². The molecule has 0 aliphatic heterocycles. The van der Waals surface area contributed by atoms with Crippen LogP contribution in [0.15, 0.2) is 15.9 Å². The third-order valence-electron chi connectivity index (χ3n) is 5.19. The topological polar surface area (TPSA) is 12.0 Å². The molecule has 3 heteroatoms. The zero-order valence-corrected chi connectivity index (χ0v) is 12.4. The Morgan fingerprint density at radius 1 is 1.35 bits per heavy atom.